The SMILES string of the molecule is CCn1nc(Cc2ccc(S(C)(=O)=O)cc2)cc1C1CCNCC1.CCn1nc(Cc2cccc(OC)c2)cc1C1CCNCC1. The van der Waals surface area contributed by atoms with E-state index in [1.165, 1.54) is 36.0 Å². The molecule has 4 heterocycles. The van der Waals surface area contributed by atoms with Gasteiger partial charge in [-0.15, -0.1) is 0 Å². The van der Waals surface area contributed by atoms with Crippen molar-refractivity contribution in [3.05, 3.63) is 94.6 Å². The van der Waals surface area contributed by atoms with Gasteiger partial charge in [-0.25, -0.2) is 8.42 Å². The monoisotopic (exact) mass is 646 g/mol. The van der Waals surface area contributed by atoms with Crippen LogP contribution in [0.3, 0.4) is 0 Å². The minimum absolute atomic E-state index is 0.362. The highest BCUT2D eigenvalue weighted by atomic mass is 32.2. The van der Waals surface area contributed by atoms with E-state index in [1.54, 1.807) is 19.2 Å². The highest BCUT2D eigenvalue weighted by molar-refractivity contribution is 7.90. The summed E-state index contributed by atoms with van der Waals surface area (Å²) in [6.45, 7) is 10.5. The molecule has 10 heteroatoms. The summed E-state index contributed by atoms with van der Waals surface area (Å²) in [6.07, 6.45) is 7.57. The Bertz CT molecular complexity index is 1650. The molecule has 2 aliphatic heterocycles. The van der Waals surface area contributed by atoms with Gasteiger partial charge < -0.3 is 15.4 Å². The number of aryl methyl sites for hydroxylation is 2. The number of hydrogen-bond acceptors (Lipinski definition) is 7. The number of nitrogens with zero attached hydrogens (tertiary/aromatic N) is 4. The summed E-state index contributed by atoms with van der Waals surface area (Å²) < 4.78 is 32.7. The smallest absolute Gasteiger partial charge is 0.175 e. The number of aromatic nitrogens is 4. The molecule has 0 spiro atoms. The van der Waals surface area contributed by atoms with Gasteiger partial charge in [-0.2, -0.15) is 10.2 Å². The lowest BCUT2D eigenvalue weighted by atomic mass is 9.94. The van der Waals surface area contributed by atoms with Crippen LogP contribution < -0.4 is 15.4 Å². The number of rotatable bonds is 10. The second-order valence-corrected chi connectivity index (χ2v) is 14.4. The Morgan fingerprint density at radius 1 is 0.739 bits per heavy atom. The van der Waals surface area contributed by atoms with Crippen LogP contribution in [0.15, 0.2) is 65.6 Å². The molecule has 2 aliphatic rings. The summed E-state index contributed by atoms with van der Waals surface area (Å²) in [7, 11) is -1.43. The first-order chi connectivity index (χ1) is 22.3. The van der Waals surface area contributed by atoms with E-state index in [4.69, 9.17) is 14.9 Å². The topological polar surface area (TPSA) is 103 Å². The van der Waals surface area contributed by atoms with Crippen LogP contribution in [0.2, 0.25) is 0 Å². The molecule has 248 valence electrons. The van der Waals surface area contributed by atoms with Crippen LogP contribution in [0.25, 0.3) is 0 Å². The number of nitrogens with one attached hydrogen (secondary N) is 2. The molecule has 2 aromatic carbocycles. The molecular weight excluding hydrogens is 597 g/mol. The average molecular weight is 647 g/mol. The van der Waals surface area contributed by atoms with Gasteiger partial charge in [0.2, 0.25) is 0 Å². The number of piperidine rings is 2. The Kier molecular flexibility index (Phi) is 11.7. The molecule has 0 atom stereocenters. The van der Waals surface area contributed by atoms with Crippen molar-refractivity contribution in [2.45, 2.75) is 82.2 Å². The number of benzene rings is 2. The number of sulfone groups is 1. The maximum atomic E-state index is 11.5. The van der Waals surface area contributed by atoms with Crippen LogP contribution in [-0.4, -0.2) is 67.5 Å². The van der Waals surface area contributed by atoms with E-state index in [-0.39, 0.29) is 0 Å². The third kappa shape index (κ3) is 8.86. The fourth-order valence-corrected chi connectivity index (χ4v) is 7.23. The van der Waals surface area contributed by atoms with Crippen LogP contribution in [-0.2, 0) is 35.8 Å². The van der Waals surface area contributed by atoms with E-state index in [0.717, 1.165) is 87.7 Å². The van der Waals surface area contributed by atoms with Gasteiger partial charge in [0, 0.05) is 55.4 Å². The Labute approximate surface area is 274 Å². The van der Waals surface area contributed by atoms with Crippen LogP contribution in [0, 0.1) is 0 Å². The zero-order chi connectivity index (χ0) is 32.5. The Morgan fingerprint density at radius 3 is 1.70 bits per heavy atom. The van der Waals surface area contributed by atoms with Crippen molar-refractivity contribution in [2.75, 3.05) is 39.5 Å². The second-order valence-electron chi connectivity index (χ2n) is 12.4. The summed E-state index contributed by atoms with van der Waals surface area (Å²) in [5.41, 5.74) is 7.28. The van der Waals surface area contributed by atoms with E-state index in [9.17, 15) is 8.42 Å². The lowest BCUT2D eigenvalue weighted by Gasteiger charge is -2.23. The van der Waals surface area contributed by atoms with Crippen LogP contribution in [0.4, 0.5) is 0 Å². The summed E-state index contributed by atoms with van der Waals surface area (Å²) in [6, 6.07) is 19.9. The van der Waals surface area contributed by atoms with Crippen molar-refractivity contribution in [2.24, 2.45) is 0 Å². The Balaban J connectivity index is 0.000000182. The van der Waals surface area contributed by atoms with Gasteiger partial charge in [-0.3, -0.25) is 9.36 Å². The molecule has 0 radical (unpaired) electrons. The van der Waals surface area contributed by atoms with Gasteiger partial charge in [0.05, 0.1) is 23.4 Å². The van der Waals surface area contributed by atoms with Gasteiger partial charge in [-0.1, -0.05) is 24.3 Å². The Morgan fingerprint density at radius 2 is 1.24 bits per heavy atom. The van der Waals surface area contributed by atoms with Crippen molar-refractivity contribution in [1.29, 1.82) is 0 Å². The maximum Gasteiger partial charge on any atom is 0.175 e. The zero-order valence-electron chi connectivity index (χ0n) is 27.8. The van der Waals surface area contributed by atoms with Gasteiger partial charge in [-0.05, 0) is 113 Å². The molecule has 2 saturated heterocycles. The highest BCUT2D eigenvalue weighted by Crippen LogP contribution is 2.28. The van der Waals surface area contributed by atoms with Crippen molar-refractivity contribution >= 4 is 9.84 Å². The molecule has 0 unspecified atom stereocenters. The normalized spacial score (nSPS) is 16.2. The van der Waals surface area contributed by atoms with Crippen molar-refractivity contribution in [3.63, 3.8) is 0 Å². The lowest BCUT2D eigenvalue weighted by molar-refractivity contribution is 0.414. The van der Waals surface area contributed by atoms with E-state index in [2.05, 4.69) is 58.1 Å². The van der Waals surface area contributed by atoms with Crippen molar-refractivity contribution in [3.8, 4) is 5.75 Å². The quantitative estimate of drug-likeness (QED) is 0.240. The molecule has 9 nitrogen and oxygen atoms in total. The molecule has 0 aliphatic carbocycles. The fraction of sp³-hybridized carbons (Fsp3) is 0.500. The predicted molar refractivity (Wildman–Crippen MR) is 184 cm³/mol. The molecule has 0 amide bonds. The predicted octanol–water partition coefficient (Wildman–Crippen LogP) is 5.33. The number of ether oxygens (including phenoxy) is 1. The van der Waals surface area contributed by atoms with E-state index in [1.807, 2.05) is 24.3 Å². The fourth-order valence-electron chi connectivity index (χ4n) is 6.60. The molecule has 4 aromatic rings. The number of methoxy groups -OCH3 is 1. The van der Waals surface area contributed by atoms with Gasteiger partial charge in [0.15, 0.2) is 9.84 Å². The van der Waals surface area contributed by atoms with E-state index < -0.39 is 9.84 Å². The van der Waals surface area contributed by atoms with Gasteiger partial charge in [0.25, 0.3) is 0 Å². The standard InChI is InChI=1S/C18H25N3O2S.C18H25N3O/c1-3-21-18(15-8-10-19-11-9-15)13-16(20-21)12-14-4-6-17(7-5-14)24(2,22)23;1-3-21-18(15-7-9-19-10-8-15)13-16(20-21)11-14-5-4-6-17(12-14)22-2/h4-7,13,15,19H,3,8-12H2,1-2H3;4-6,12-13,15,19H,3,7-11H2,1-2H3. The summed E-state index contributed by atoms with van der Waals surface area (Å²) in [5.74, 6) is 2.14. The van der Waals surface area contributed by atoms with Crippen LogP contribution >= 0.6 is 0 Å². The first-order valence-electron chi connectivity index (χ1n) is 16.7. The average Bonchev–Trinajstić information content (AvgIpc) is 3.69. The molecule has 6 rings (SSSR count). The van der Waals surface area contributed by atoms with Gasteiger partial charge >= 0.3 is 0 Å². The summed E-state index contributed by atoms with van der Waals surface area (Å²) >= 11 is 0. The highest BCUT2D eigenvalue weighted by Gasteiger charge is 2.21. The van der Waals surface area contributed by atoms with Crippen molar-refractivity contribution < 1.29 is 13.2 Å². The molecule has 2 N–H and O–H groups in total. The Hall–Kier alpha value is -3.47. The van der Waals surface area contributed by atoms with Crippen molar-refractivity contribution in [1.82, 2.24) is 30.2 Å². The first-order valence-corrected chi connectivity index (χ1v) is 18.6. The van der Waals surface area contributed by atoms with Crippen LogP contribution in [0.5, 0.6) is 5.75 Å². The minimum atomic E-state index is -3.14. The second kappa shape index (κ2) is 15.9. The lowest BCUT2D eigenvalue weighted by Crippen LogP contribution is -2.27. The molecular formula is C36H50N6O3S. The van der Waals surface area contributed by atoms with Gasteiger partial charge in [0.1, 0.15) is 5.75 Å². The summed E-state index contributed by atoms with van der Waals surface area (Å²) in [4.78, 5) is 0.362. The maximum absolute atomic E-state index is 11.5. The molecule has 0 bridgehead atoms. The largest absolute Gasteiger partial charge is 0.497 e. The molecule has 46 heavy (non-hydrogen) atoms. The molecule has 0 saturated carbocycles. The van der Waals surface area contributed by atoms with E-state index in [0.29, 0.717) is 16.7 Å². The van der Waals surface area contributed by atoms with Crippen LogP contribution in [0.1, 0.15) is 85.3 Å². The first kappa shape index (κ1) is 33.9. The third-order valence-corrected chi connectivity index (χ3v) is 10.2. The molecule has 2 aromatic heterocycles. The molecule has 2 fully saturated rings. The minimum Gasteiger partial charge on any atom is -0.497 e. The zero-order valence-corrected chi connectivity index (χ0v) is 28.7. The summed E-state index contributed by atoms with van der Waals surface area (Å²) in [5, 5.41) is 16.4. The van der Waals surface area contributed by atoms with E-state index >= 15 is 0 Å². The third-order valence-electron chi connectivity index (χ3n) is 9.09. The number of hydrogen-bond donors (Lipinski definition) is 2.